The fourth-order valence-electron chi connectivity index (χ4n) is 6.08. The van der Waals surface area contributed by atoms with E-state index in [9.17, 15) is 18.0 Å². The summed E-state index contributed by atoms with van der Waals surface area (Å²) in [6.07, 6.45) is 5.32. The molecule has 1 atom stereocenters. The van der Waals surface area contributed by atoms with Crippen molar-refractivity contribution < 1.29 is 18.0 Å². The molecular weight excluding hydrogens is 630 g/mol. The minimum absolute atomic E-state index is 0.0397. The highest BCUT2D eigenvalue weighted by Gasteiger charge is 2.35. The van der Waals surface area contributed by atoms with Crippen LogP contribution in [0.3, 0.4) is 0 Å². The molecule has 5 rings (SSSR count). The third-order valence-corrected chi connectivity index (χ3v) is 10.7. The zero-order valence-corrected chi connectivity index (χ0v) is 28.5. The first-order valence-electron chi connectivity index (χ1n) is 16.1. The Kier molecular flexibility index (Phi) is 11.4. The van der Waals surface area contributed by atoms with E-state index >= 15 is 0 Å². The van der Waals surface area contributed by atoms with Gasteiger partial charge in [-0.15, -0.1) is 0 Å². The maximum atomic E-state index is 14.7. The van der Waals surface area contributed by atoms with Gasteiger partial charge in [-0.05, 0) is 74.2 Å². The molecule has 1 aliphatic carbocycles. The van der Waals surface area contributed by atoms with Crippen molar-refractivity contribution in [2.24, 2.45) is 0 Å². The van der Waals surface area contributed by atoms with E-state index in [2.05, 4.69) is 5.32 Å². The summed E-state index contributed by atoms with van der Waals surface area (Å²) in [5.74, 6) is -0.724. The van der Waals surface area contributed by atoms with Crippen LogP contribution in [0.4, 0.5) is 5.69 Å². The highest BCUT2D eigenvalue weighted by Crippen LogP contribution is 2.27. The highest BCUT2D eigenvalue weighted by molar-refractivity contribution is 7.92. The number of nitrogens with one attached hydrogen (secondary N) is 1. The van der Waals surface area contributed by atoms with Crippen molar-refractivity contribution in [3.8, 4) is 0 Å². The van der Waals surface area contributed by atoms with Crippen LogP contribution < -0.4 is 9.62 Å². The van der Waals surface area contributed by atoms with Gasteiger partial charge >= 0.3 is 0 Å². The number of carbonyl (C=O) groups excluding carboxylic acids is 2. The van der Waals surface area contributed by atoms with E-state index in [4.69, 9.17) is 11.6 Å². The molecule has 4 aromatic carbocycles. The Bertz CT molecular complexity index is 1760. The van der Waals surface area contributed by atoms with Gasteiger partial charge in [0.15, 0.2) is 0 Å². The second kappa shape index (κ2) is 15.6. The van der Waals surface area contributed by atoms with E-state index < -0.39 is 28.5 Å². The Balaban J connectivity index is 1.56. The van der Waals surface area contributed by atoms with Crippen LogP contribution in [0.15, 0.2) is 108 Å². The molecule has 0 aromatic heterocycles. The summed E-state index contributed by atoms with van der Waals surface area (Å²) in [5, 5.41) is 3.69. The van der Waals surface area contributed by atoms with Crippen molar-refractivity contribution in [3.05, 3.63) is 130 Å². The summed E-state index contributed by atoms with van der Waals surface area (Å²) < 4.78 is 29.5. The van der Waals surface area contributed by atoms with E-state index in [0.717, 1.165) is 58.7 Å². The van der Waals surface area contributed by atoms with E-state index in [-0.39, 0.29) is 29.8 Å². The predicted molar refractivity (Wildman–Crippen MR) is 188 cm³/mol. The number of nitrogens with zero attached hydrogens (tertiary/aromatic N) is 2. The molecule has 2 amide bonds. The molecule has 0 bridgehead atoms. The van der Waals surface area contributed by atoms with Crippen molar-refractivity contribution >= 4 is 39.1 Å². The van der Waals surface area contributed by atoms with Gasteiger partial charge in [0.05, 0.1) is 10.6 Å². The lowest BCUT2D eigenvalue weighted by Gasteiger charge is -2.35. The van der Waals surface area contributed by atoms with Crippen molar-refractivity contribution in [1.82, 2.24) is 10.2 Å². The van der Waals surface area contributed by atoms with Crippen molar-refractivity contribution in [2.75, 3.05) is 10.8 Å². The number of benzene rings is 4. The quantitative estimate of drug-likeness (QED) is 0.172. The van der Waals surface area contributed by atoms with Gasteiger partial charge in [-0.1, -0.05) is 109 Å². The van der Waals surface area contributed by atoms with Crippen LogP contribution in [-0.4, -0.2) is 43.8 Å². The third-order valence-electron chi connectivity index (χ3n) is 8.66. The number of rotatable bonds is 12. The first kappa shape index (κ1) is 34.2. The first-order valence-corrected chi connectivity index (χ1v) is 18.0. The molecule has 1 saturated carbocycles. The Morgan fingerprint density at radius 2 is 1.47 bits per heavy atom. The SMILES string of the molecule is Cc1ccc(S(=O)(=O)N(CC(=O)N(Cc2cccc(C)c2)C(Cc2ccccc2)C(=O)NC2CCCCC2)c2ccc(Cl)cc2)cc1. The first-order chi connectivity index (χ1) is 22.6. The van der Waals surface area contributed by atoms with Gasteiger partial charge in [0, 0.05) is 24.0 Å². The molecule has 0 aliphatic heterocycles. The number of carbonyl (C=O) groups is 2. The monoisotopic (exact) mass is 671 g/mol. The average molecular weight is 672 g/mol. The molecule has 1 N–H and O–H groups in total. The molecule has 0 saturated heterocycles. The van der Waals surface area contributed by atoms with E-state index in [0.29, 0.717) is 10.7 Å². The molecule has 0 spiro atoms. The Morgan fingerprint density at radius 3 is 2.13 bits per heavy atom. The maximum absolute atomic E-state index is 14.7. The van der Waals surface area contributed by atoms with E-state index in [1.807, 2.05) is 68.4 Å². The highest BCUT2D eigenvalue weighted by atomic mass is 35.5. The van der Waals surface area contributed by atoms with Gasteiger partial charge in [-0.25, -0.2) is 8.42 Å². The van der Waals surface area contributed by atoms with Gasteiger partial charge in [0.1, 0.15) is 12.6 Å². The maximum Gasteiger partial charge on any atom is 0.264 e. The molecule has 47 heavy (non-hydrogen) atoms. The lowest BCUT2D eigenvalue weighted by atomic mass is 9.94. The minimum Gasteiger partial charge on any atom is -0.352 e. The predicted octanol–water partition coefficient (Wildman–Crippen LogP) is 7.24. The van der Waals surface area contributed by atoms with E-state index in [1.165, 1.54) is 0 Å². The molecular formula is C38H42ClN3O4S. The smallest absolute Gasteiger partial charge is 0.264 e. The van der Waals surface area contributed by atoms with Crippen molar-refractivity contribution in [3.63, 3.8) is 0 Å². The zero-order chi connectivity index (χ0) is 33.4. The molecule has 246 valence electrons. The topological polar surface area (TPSA) is 86.8 Å². The number of sulfonamides is 1. The number of amides is 2. The van der Waals surface area contributed by atoms with Crippen LogP contribution in [-0.2, 0) is 32.6 Å². The zero-order valence-electron chi connectivity index (χ0n) is 26.9. The largest absolute Gasteiger partial charge is 0.352 e. The summed E-state index contributed by atoms with van der Waals surface area (Å²) in [4.78, 5) is 30.5. The van der Waals surface area contributed by atoms with Gasteiger partial charge in [-0.3, -0.25) is 13.9 Å². The molecule has 1 aliphatic rings. The average Bonchev–Trinajstić information content (AvgIpc) is 3.06. The molecule has 0 radical (unpaired) electrons. The summed E-state index contributed by atoms with van der Waals surface area (Å²) >= 11 is 6.17. The Morgan fingerprint density at radius 1 is 0.809 bits per heavy atom. The molecule has 1 unspecified atom stereocenters. The lowest BCUT2D eigenvalue weighted by molar-refractivity contribution is -0.140. The number of aryl methyl sites for hydroxylation is 2. The fourth-order valence-corrected chi connectivity index (χ4v) is 7.62. The minimum atomic E-state index is -4.18. The van der Waals surface area contributed by atoms with Crippen molar-refractivity contribution in [2.45, 2.75) is 75.9 Å². The summed E-state index contributed by atoms with van der Waals surface area (Å²) in [6.45, 7) is 3.48. The van der Waals surface area contributed by atoms with E-state index in [1.54, 1.807) is 53.4 Å². The molecule has 7 nitrogen and oxygen atoms in total. The summed E-state index contributed by atoms with van der Waals surface area (Å²) in [7, 11) is -4.18. The Hall–Kier alpha value is -4.14. The van der Waals surface area contributed by atoms with Crippen LogP contribution in [0.1, 0.15) is 54.4 Å². The lowest BCUT2D eigenvalue weighted by Crippen LogP contribution is -2.55. The normalized spacial score (nSPS) is 14.3. The molecule has 9 heteroatoms. The van der Waals surface area contributed by atoms with Gasteiger partial charge in [-0.2, -0.15) is 0 Å². The van der Waals surface area contributed by atoms with Crippen LogP contribution in [0.2, 0.25) is 5.02 Å². The number of hydrogen-bond donors (Lipinski definition) is 1. The standard InChI is InChI=1S/C38H42ClN3O4S/c1-28-16-22-35(23-17-28)47(45,46)42(34-20-18-32(39)19-21-34)27-37(43)41(26-31-13-9-10-29(2)24-31)36(25-30-11-5-3-6-12-30)38(44)40-33-14-7-4-8-15-33/h3,5-6,9-13,16-24,33,36H,4,7-8,14-15,25-27H2,1-2H3,(H,40,44). The summed E-state index contributed by atoms with van der Waals surface area (Å²) in [6, 6.07) is 29.5. The Labute approximate surface area is 283 Å². The molecule has 0 heterocycles. The van der Waals surface area contributed by atoms with Crippen LogP contribution in [0, 0.1) is 13.8 Å². The summed E-state index contributed by atoms with van der Waals surface area (Å²) in [5.41, 5.74) is 3.98. The fraction of sp³-hybridized carbons (Fsp3) is 0.316. The van der Waals surface area contributed by atoms with Crippen LogP contribution in [0.5, 0.6) is 0 Å². The second-order valence-electron chi connectivity index (χ2n) is 12.4. The van der Waals surface area contributed by atoms with Crippen LogP contribution >= 0.6 is 11.6 Å². The van der Waals surface area contributed by atoms with Crippen LogP contribution in [0.25, 0.3) is 0 Å². The van der Waals surface area contributed by atoms with Gasteiger partial charge in [0.2, 0.25) is 11.8 Å². The third kappa shape index (κ3) is 9.02. The number of anilines is 1. The number of halogens is 1. The van der Waals surface area contributed by atoms with Crippen molar-refractivity contribution in [1.29, 1.82) is 0 Å². The molecule has 4 aromatic rings. The second-order valence-corrected chi connectivity index (χ2v) is 14.7. The molecule has 1 fully saturated rings. The number of hydrogen-bond acceptors (Lipinski definition) is 4. The van der Waals surface area contributed by atoms with Gasteiger partial charge < -0.3 is 10.2 Å². The van der Waals surface area contributed by atoms with Gasteiger partial charge in [0.25, 0.3) is 10.0 Å².